The molecule has 0 bridgehead atoms. The van der Waals surface area contributed by atoms with Gasteiger partial charge in [0.25, 0.3) is 11.6 Å². The number of benzene rings is 1. The van der Waals surface area contributed by atoms with Crippen LogP contribution in [0, 0.1) is 16.0 Å². The summed E-state index contributed by atoms with van der Waals surface area (Å²) in [5.74, 6) is -2.01. The summed E-state index contributed by atoms with van der Waals surface area (Å²) in [5.41, 5.74) is 0.178. The van der Waals surface area contributed by atoms with E-state index in [1.165, 1.54) is 25.2 Å². The molecule has 1 aromatic rings. The van der Waals surface area contributed by atoms with Gasteiger partial charge in [-0.2, -0.15) is 0 Å². The van der Waals surface area contributed by atoms with Crippen LogP contribution in [0.2, 0.25) is 0 Å². The van der Waals surface area contributed by atoms with E-state index in [-0.39, 0.29) is 29.4 Å². The molecule has 1 aromatic carbocycles. The highest BCUT2D eigenvalue weighted by molar-refractivity contribution is 5.95. The molecule has 0 heterocycles. The number of nitro groups is 1. The fraction of sp³-hybridized carbons (Fsp3) is 0.385. The zero-order valence-electron chi connectivity index (χ0n) is 11.8. The Morgan fingerprint density at radius 1 is 1.43 bits per heavy atom. The zero-order valence-corrected chi connectivity index (χ0v) is 11.8. The number of anilines is 1. The molecule has 8 nitrogen and oxygen atoms in total. The van der Waals surface area contributed by atoms with Gasteiger partial charge in [0.2, 0.25) is 0 Å². The highest BCUT2D eigenvalue weighted by Crippen LogP contribution is 2.26. The van der Waals surface area contributed by atoms with Gasteiger partial charge in [0, 0.05) is 25.2 Å². The minimum absolute atomic E-state index is 0.0455. The Balaban J connectivity index is 3.03. The maximum Gasteiger partial charge on any atom is 0.308 e. The van der Waals surface area contributed by atoms with E-state index in [0.717, 1.165) is 0 Å². The molecule has 1 amide bonds. The molecular formula is C13H17N3O5. The first kappa shape index (κ1) is 16.4. The number of aliphatic carboxylic acids is 1. The summed E-state index contributed by atoms with van der Waals surface area (Å²) in [4.78, 5) is 32.9. The largest absolute Gasteiger partial charge is 0.481 e. The van der Waals surface area contributed by atoms with Crippen molar-refractivity contribution in [3.63, 3.8) is 0 Å². The maximum atomic E-state index is 11.5. The van der Waals surface area contributed by atoms with Crippen LogP contribution < -0.4 is 10.6 Å². The summed E-state index contributed by atoms with van der Waals surface area (Å²) in [6.07, 6.45) is 0.394. The molecule has 21 heavy (non-hydrogen) atoms. The molecule has 8 heteroatoms. The van der Waals surface area contributed by atoms with Gasteiger partial charge < -0.3 is 15.7 Å². The third kappa shape index (κ3) is 4.16. The Hall–Kier alpha value is -2.64. The number of nitrogens with zero attached hydrogens (tertiary/aromatic N) is 1. The first-order chi connectivity index (χ1) is 9.90. The molecular weight excluding hydrogens is 278 g/mol. The van der Waals surface area contributed by atoms with E-state index < -0.39 is 16.8 Å². The van der Waals surface area contributed by atoms with Gasteiger partial charge in [0.15, 0.2) is 0 Å². The van der Waals surface area contributed by atoms with Gasteiger partial charge in [0.1, 0.15) is 5.69 Å². The van der Waals surface area contributed by atoms with Crippen molar-refractivity contribution in [1.29, 1.82) is 0 Å². The molecule has 1 atom stereocenters. The number of carbonyl (C=O) groups excluding carboxylic acids is 1. The van der Waals surface area contributed by atoms with Crippen LogP contribution in [0.3, 0.4) is 0 Å². The van der Waals surface area contributed by atoms with Crippen LogP contribution in [0.1, 0.15) is 23.7 Å². The van der Waals surface area contributed by atoms with E-state index in [2.05, 4.69) is 10.6 Å². The van der Waals surface area contributed by atoms with E-state index in [0.29, 0.717) is 6.42 Å². The van der Waals surface area contributed by atoms with Gasteiger partial charge in [-0.15, -0.1) is 0 Å². The molecule has 0 aromatic heterocycles. The van der Waals surface area contributed by atoms with Crippen LogP contribution in [0.15, 0.2) is 18.2 Å². The normalized spacial score (nSPS) is 11.5. The van der Waals surface area contributed by atoms with Crippen molar-refractivity contribution in [2.24, 2.45) is 5.92 Å². The second-order valence-electron chi connectivity index (χ2n) is 4.39. The number of rotatable bonds is 7. The Labute approximate surface area is 121 Å². The van der Waals surface area contributed by atoms with Crippen molar-refractivity contribution >= 4 is 23.3 Å². The molecule has 0 radical (unpaired) electrons. The predicted molar refractivity (Wildman–Crippen MR) is 76.4 cm³/mol. The number of hydrogen-bond acceptors (Lipinski definition) is 5. The van der Waals surface area contributed by atoms with Crippen LogP contribution >= 0.6 is 0 Å². The molecule has 0 spiro atoms. The van der Waals surface area contributed by atoms with E-state index in [9.17, 15) is 19.7 Å². The van der Waals surface area contributed by atoms with Crippen LogP contribution in [0.5, 0.6) is 0 Å². The third-order valence-electron chi connectivity index (χ3n) is 3.06. The van der Waals surface area contributed by atoms with E-state index in [1.807, 2.05) is 0 Å². The Bertz CT molecular complexity index is 559. The third-order valence-corrected chi connectivity index (χ3v) is 3.06. The van der Waals surface area contributed by atoms with Crippen LogP contribution in [0.4, 0.5) is 11.4 Å². The zero-order chi connectivity index (χ0) is 16.0. The predicted octanol–water partition coefficient (Wildman–Crippen LogP) is 1.48. The van der Waals surface area contributed by atoms with Crippen LogP contribution in [-0.2, 0) is 4.79 Å². The molecule has 0 aliphatic rings. The number of hydrogen-bond donors (Lipinski definition) is 3. The average Bonchev–Trinajstić information content (AvgIpc) is 2.46. The summed E-state index contributed by atoms with van der Waals surface area (Å²) in [7, 11) is 1.45. The van der Waals surface area contributed by atoms with Crippen molar-refractivity contribution in [3.05, 3.63) is 33.9 Å². The topological polar surface area (TPSA) is 122 Å². The fourth-order valence-electron chi connectivity index (χ4n) is 1.76. The molecule has 114 valence electrons. The molecule has 1 unspecified atom stereocenters. The molecule has 1 rings (SSSR count). The summed E-state index contributed by atoms with van der Waals surface area (Å²) in [6.45, 7) is 1.76. The monoisotopic (exact) mass is 295 g/mol. The second kappa shape index (κ2) is 7.22. The van der Waals surface area contributed by atoms with Crippen molar-refractivity contribution < 1.29 is 19.6 Å². The molecule has 0 aliphatic heterocycles. The minimum Gasteiger partial charge on any atom is -0.481 e. The Kier molecular flexibility index (Phi) is 5.65. The lowest BCUT2D eigenvalue weighted by Gasteiger charge is -2.13. The smallest absolute Gasteiger partial charge is 0.308 e. The molecule has 0 fully saturated rings. The number of carbonyl (C=O) groups is 2. The number of carboxylic acids is 1. The van der Waals surface area contributed by atoms with Gasteiger partial charge in [-0.25, -0.2) is 0 Å². The van der Waals surface area contributed by atoms with Gasteiger partial charge >= 0.3 is 5.97 Å². The van der Waals surface area contributed by atoms with E-state index in [4.69, 9.17) is 5.11 Å². The second-order valence-corrected chi connectivity index (χ2v) is 4.39. The first-order valence-corrected chi connectivity index (χ1v) is 6.37. The summed E-state index contributed by atoms with van der Waals surface area (Å²) in [5, 5.41) is 25.1. The maximum absolute atomic E-state index is 11.5. The Morgan fingerprint density at radius 3 is 2.57 bits per heavy atom. The molecule has 0 saturated heterocycles. The molecule has 0 aliphatic carbocycles. The minimum atomic E-state index is -0.977. The molecule has 3 N–H and O–H groups in total. The quantitative estimate of drug-likeness (QED) is 0.517. The highest BCUT2D eigenvalue weighted by Gasteiger charge is 2.19. The molecule has 0 saturated carbocycles. The summed E-state index contributed by atoms with van der Waals surface area (Å²) < 4.78 is 0. The van der Waals surface area contributed by atoms with Crippen molar-refractivity contribution in [2.45, 2.75) is 13.3 Å². The lowest BCUT2D eigenvalue weighted by Crippen LogP contribution is -2.23. The Morgan fingerprint density at radius 2 is 2.10 bits per heavy atom. The van der Waals surface area contributed by atoms with Crippen molar-refractivity contribution in [2.75, 3.05) is 18.9 Å². The number of nitro benzene ring substituents is 1. The van der Waals surface area contributed by atoms with Crippen LogP contribution in [-0.4, -0.2) is 35.5 Å². The summed E-state index contributed by atoms with van der Waals surface area (Å²) in [6, 6.07) is 3.90. The van der Waals surface area contributed by atoms with E-state index >= 15 is 0 Å². The number of amides is 1. The van der Waals surface area contributed by atoms with E-state index in [1.54, 1.807) is 6.92 Å². The average molecular weight is 295 g/mol. The first-order valence-electron chi connectivity index (χ1n) is 6.37. The highest BCUT2D eigenvalue weighted by atomic mass is 16.6. The van der Waals surface area contributed by atoms with Gasteiger partial charge in [-0.05, 0) is 18.6 Å². The van der Waals surface area contributed by atoms with Crippen molar-refractivity contribution in [3.8, 4) is 0 Å². The standard InChI is InChI=1S/C13H17N3O5/c1-3-8(13(18)19)7-15-10-6-9(12(17)14-2)4-5-11(10)16(20)21/h4-6,8,15H,3,7H2,1-2H3,(H,14,17)(H,18,19). The van der Waals surface area contributed by atoms with Crippen molar-refractivity contribution in [1.82, 2.24) is 5.32 Å². The van der Waals surface area contributed by atoms with Gasteiger partial charge in [-0.3, -0.25) is 19.7 Å². The number of carboxylic acid groups (broad SMARTS) is 1. The van der Waals surface area contributed by atoms with Gasteiger partial charge in [0.05, 0.1) is 10.8 Å². The lowest BCUT2D eigenvalue weighted by molar-refractivity contribution is -0.384. The summed E-state index contributed by atoms with van der Waals surface area (Å²) >= 11 is 0. The van der Waals surface area contributed by atoms with Crippen LogP contribution in [0.25, 0.3) is 0 Å². The fourth-order valence-corrected chi connectivity index (χ4v) is 1.76. The number of nitrogens with one attached hydrogen (secondary N) is 2. The SMILES string of the molecule is CCC(CNc1cc(C(=O)NC)ccc1[N+](=O)[O-])C(=O)O. The lowest BCUT2D eigenvalue weighted by atomic mass is 10.1. The van der Waals surface area contributed by atoms with Gasteiger partial charge in [-0.1, -0.05) is 6.92 Å².